The van der Waals surface area contributed by atoms with E-state index < -0.39 is 9.84 Å². The van der Waals surface area contributed by atoms with Gasteiger partial charge < -0.3 is 10.5 Å². The normalized spacial score (nSPS) is 30.5. The van der Waals surface area contributed by atoms with Gasteiger partial charge in [-0.25, -0.2) is 8.42 Å². The maximum absolute atomic E-state index is 12.0. The second kappa shape index (κ2) is 4.59. The number of sulfone groups is 1. The molecule has 0 saturated carbocycles. The van der Waals surface area contributed by atoms with E-state index in [1.807, 2.05) is 6.92 Å². The molecule has 0 bridgehead atoms. The van der Waals surface area contributed by atoms with Crippen LogP contribution in [0.1, 0.15) is 26.7 Å². The fourth-order valence-electron chi connectivity index (χ4n) is 1.84. The van der Waals surface area contributed by atoms with Crippen molar-refractivity contribution in [3.63, 3.8) is 0 Å². The van der Waals surface area contributed by atoms with E-state index in [1.165, 1.54) is 0 Å². The van der Waals surface area contributed by atoms with E-state index in [-0.39, 0.29) is 16.6 Å². The van der Waals surface area contributed by atoms with Crippen molar-refractivity contribution in [3.05, 3.63) is 0 Å². The van der Waals surface area contributed by atoms with Crippen molar-refractivity contribution in [1.82, 2.24) is 0 Å². The highest BCUT2D eigenvalue weighted by atomic mass is 32.2. The Hall–Kier alpha value is -0.130. The predicted molar refractivity (Wildman–Crippen MR) is 55.9 cm³/mol. The topological polar surface area (TPSA) is 69.4 Å². The van der Waals surface area contributed by atoms with Crippen LogP contribution in [0.15, 0.2) is 0 Å². The molecule has 0 amide bonds. The molecule has 84 valence electrons. The fourth-order valence-corrected chi connectivity index (χ4v) is 3.94. The van der Waals surface area contributed by atoms with Crippen molar-refractivity contribution in [2.24, 2.45) is 5.73 Å². The van der Waals surface area contributed by atoms with Crippen molar-refractivity contribution < 1.29 is 13.2 Å². The molecule has 14 heavy (non-hydrogen) atoms. The first-order chi connectivity index (χ1) is 6.50. The summed E-state index contributed by atoms with van der Waals surface area (Å²) in [7, 11) is -3.06. The van der Waals surface area contributed by atoms with Crippen LogP contribution >= 0.6 is 0 Å². The van der Waals surface area contributed by atoms with E-state index in [2.05, 4.69) is 0 Å². The molecule has 1 heterocycles. The van der Waals surface area contributed by atoms with Gasteiger partial charge in [-0.3, -0.25) is 0 Å². The minimum absolute atomic E-state index is 0.166. The lowest BCUT2D eigenvalue weighted by Gasteiger charge is -2.19. The van der Waals surface area contributed by atoms with Crippen LogP contribution in [0.25, 0.3) is 0 Å². The Morgan fingerprint density at radius 2 is 2.21 bits per heavy atom. The number of ether oxygens (including phenoxy) is 1. The van der Waals surface area contributed by atoms with Gasteiger partial charge in [0.15, 0.2) is 9.84 Å². The van der Waals surface area contributed by atoms with Gasteiger partial charge in [-0.1, -0.05) is 0 Å². The Morgan fingerprint density at radius 1 is 1.57 bits per heavy atom. The fraction of sp³-hybridized carbons (Fsp3) is 1.00. The van der Waals surface area contributed by atoms with Gasteiger partial charge in [-0.15, -0.1) is 0 Å². The molecule has 1 fully saturated rings. The van der Waals surface area contributed by atoms with Crippen LogP contribution in [0.2, 0.25) is 0 Å². The van der Waals surface area contributed by atoms with E-state index in [9.17, 15) is 8.42 Å². The molecule has 0 aliphatic carbocycles. The predicted octanol–water partition coefficient (Wildman–Crippen LogP) is 0.316. The summed E-state index contributed by atoms with van der Waals surface area (Å²) in [6.45, 7) is 4.53. The Bertz CT molecular complexity index is 276. The maximum Gasteiger partial charge on any atom is 0.158 e. The van der Waals surface area contributed by atoms with Crippen molar-refractivity contribution in [3.8, 4) is 0 Å². The first-order valence-electron chi connectivity index (χ1n) is 5.04. The standard InChI is InChI=1S/C9H19NO3S/c1-7(3-5-10)14(11,12)9-4-6-13-8(9)2/h7-9H,3-6,10H2,1-2H3. The van der Waals surface area contributed by atoms with Crippen LogP contribution in [-0.4, -0.2) is 38.2 Å². The molecule has 0 aromatic heterocycles. The minimum Gasteiger partial charge on any atom is -0.377 e. The third kappa shape index (κ3) is 2.27. The molecule has 0 aromatic carbocycles. The lowest BCUT2D eigenvalue weighted by Crippen LogP contribution is -2.35. The molecule has 1 aliphatic heterocycles. The van der Waals surface area contributed by atoms with E-state index in [0.717, 1.165) is 0 Å². The smallest absolute Gasteiger partial charge is 0.158 e. The minimum atomic E-state index is -3.06. The summed E-state index contributed by atoms with van der Waals surface area (Å²) >= 11 is 0. The van der Waals surface area contributed by atoms with Crippen LogP contribution in [0.5, 0.6) is 0 Å². The molecular formula is C9H19NO3S. The maximum atomic E-state index is 12.0. The zero-order valence-electron chi connectivity index (χ0n) is 8.77. The summed E-state index contributed by atoms with van der Waals surface area (Å²) < 4.78 is 29.3. The summed E-state index contributed by atoms with van der Waals surface area (Å²) in [5.74, 6) is 0. The van der Waals surface area contributed by atoms with Crippen LogP contribution in [0.4, 0.5) is 0 Å². The molecule has 0 radical (unpaired) electrons. The quantitative estimate of drug-likeness (QED) is 0.742. The molecule has 3 atom stereocenters. The zero-order chi connectivity index (χ0) is 10.8. The van der Waals surface area contributed by atoms with Gasteiger partial charge in [-0.2, -0.15) is 0 Å². The molecule has 4 nitrogen and oxygen atoms in total. The number of hydrogen-bond acceptors (Lipinski definition) is 4. The Balaban J connectivity index is 2.73. The highest BCUT2D eigenvalue weighted by Gasteiger charge is 2.38. The van der Waals surface area contributed by atoms with E-state index >= 15 is 0 Å². The van der Waals surface area contributed by atoms with Gasteiger partial charge in [0.2, 0.25) is 0 Å². The third-order valence-electron chi connectivity index (χ3n) is 2.86. The highest BCUT2D eigenvalue weighted by molar-refractivity contribution is 7.92. The average molecular weight is 221 g/mol. The number of nitrogens with two attached hydrogens (primary N) is 1. The Morgan fingerprint density at radius 3 is 2.64 bits per heavy atom. The van der Waals surface area contributed by atoms with Gasteiger partial charge in [0.25, 0.3) is 0 Å². The summed E-state index contributed by atoms with van der Waals surface area (Å²) in [5.41, 5.74) is 5.36. The third-order valence-corrected chi connectivity index (χ3v) is 5.68. The second-order valence-corrected chi connectivity index (χ2v) is 6.47. The summed E-state index contributed by atoms with van der Waals surface area (Å²) in [4.78, 5) is 0. The van der Waals surface area contributed by atoms with Crippen molar-refractivity contribution in [2.45, 2.75) is 43.3 Å². The molecule has 1 aliphatic rings. The zero-order valence-corrected chi connectivity index (χ0v) is 9.59. The summed E-state index contributed by atoms with van der Waals surface area (Å²) in [6.07, 6.45) is 0.990. The first-order valence-corrected chi connectivity index (χ1v) is 6.65. The summed E-state index contributed by atoms with van der Waals surface area (Å²) in [5, 5.41) is -0.675. The van der Waals surface area contributed by atoms with Crippen molar-refractivity contribution in [2.75, 3.05) is 13.2 Å². The van der Waals surface area contributed by atoms with Crippen LogP contribution in [0, 0.1) is 0 Å². The van der Waals surface area contributed by atoms with E-state index in [1.54, 1.807) is 6.92 Å². The van der Waals surface area contributed by atoms with Gasteiger partial charge in [0.1, 0.15) is 0 Å². The average Bonchev–Trinajstić information content (AvgIpc) is 2.52. The Kier molecular flexibility index (Phi) is 3.92. The lowest BCUT2D eigenvalue weighted by molar-refractivity contribution is 0.126. The largest absolute Gasteiger partial charge is 0.377 e. The van der Waals surface area contributed by atoms with Crippen LogP contribution in [-0.2, 0) is 14.6 Å². The summed E-state index contributed by atoms with van der Waals surface area (Å²) in [6, 6.07) is 0. The van der Waals surface area contributed by atoms with Crippen LogP contribution < -0.4 is 5.73 Å². The monoisotopic (exact) mass is 221 g/mol. The van der Waals surface area contributed by atoms with Crippen LogP contribution in [0.3, 0.4) is 0 Å². The van der Waals surface area contributed by atoms with Crippen molar-refractivity contribution in [1.29, 1.82) is 0 Å². The molecule has 0 aromatic rings. The molecule has 2 N–H and O–H groups in total. The molecule has 0 spiro atoms. The number of rotatable bonds is 4. The SMILES string of the molecule is CC1OCCC1S(=O)(=O)C(C)CCN. The Labute approximate surface area is 85.7 Å². The lowest BCUT2D eigenvalue weighted by atomic mass is 10.2. The van der Waals surface area contributed by atoms with Gasteiger partial charge >= 0.3 is 0 Å². The number of hydrogen-bond donors (Lipinski definition) is 1. The van der Waals surface area contributed by atoms with E-state index in [4.69, 9.17) is 10.5 Å². The van der Waals surface area contributed by atoms with Gasteiger partial charge in [0.05, 0.1) is 16.6 Å². The van der Waals surface area contributed by atoms with E-state index in [0.29, 0.717) is 26.0 Å². The molecule has 1 saturated heterocycles. The highest BCUT2D eigenvalue weighted by Crippen LogP contribution is 2.25. The van der Waals surface area contributed by atoms with Gasteiger partial charge in [0, 0.05) is 6.61 Å². The van der Waals surface area contributed by atoms with Crippen molar-refractivity contribution >= 4 is 9.84 Å². The second-order valence-electron chi connectivity index (χ2n) is 3.88. The molecule has 3 unspecified atom stereocenters. The molecule has 1 rings (SSSR count). The molecular weight excluding hydrogens is 202 g/mol. The molecule has 5 heteroatoms. The van der Waals surface area contributed by atoms with Gasteiger partial charge in [-0.05, 0) is 33.2 Å². The first kappa shape index (κ1) is 11.9.